The molecule has 6 heteroatoms. The van der Waals surface area contributed by atoms with Crippen molar-refractivity contribution in [2.24, 2.45) is 0 Å². The average Bonchev–Trinajstić information content (AvgIpc) is 2.02. The first-order valence-electron chi connectivity index (χ1n) is 4.40. The van der Waals surface area contributed by atoms with E-state index in [1.807, 2.05) is 0 Å². The summed E-state index contributed by atoms with van der Waals surface area (Å²) in [5, 5.41) is 2.51. The largest absolute Gasteiger partial charge is 0.389 e. The van der Waals surface area contributed by atoms with Gasteiger partial charge in [0.2, 0.25) is 5.91 Å². The van der Waals surface area contributed by atoms with Crippen molar-refractivity contribution >= 4 is 18.5 Å². The number of amides is 1. The molecule has 0 bridgehead atoms. The Bertz CT molecular complexity index is 172. The minimum absolute atomic E-state index is 0.0602. The molecule has 84 valence electrons. The van der Waals surface area contributed by atoms with Gasteiger partial charge in [-0.05, 0) is 18.6 Å². The van der Waals surface area contributed by atoms with Crippen LogP contribution in [0.3, 0.4) is 0 Å². The van der Waals surface area contributed by atoms with E-state index >= 15 is 0 Å². The predicted octanol–water partition coefficient (Wildman–Crippen LogP) is 2.16. The van der Waals surface area contributed by atoms with Gasteiger partial charge in [-0.1, -0.05) is 0 Å². The molecule has 0 heterocycles. The summed E-state index contributed by atoms with van der Waals surface area (Å²) in [6, 6.07) is 0. The highest BCUT2D eigenvalue weighted by atomic mass is 32.1. The summed E-state index contributed by atoms with van der Waals surface area (Å²) < 4.78 is 35.0. The smallest absolute Gasteiger partial charge is 0.356 e. The van der Waals surface area contributed by atoms with Crippen molar-refractivity contribution in [3.63, 3.8) is 0 Å². The molecular formula is C8H14F3NOS. The molecule has 2 nitrogen and oxygen atoms in total. The molecule has 0 saturated carbocycles. The van der Waals surface area contributed by atoms with Gasteiger partial charge in [0.25, 0.3) is 0 Å². The Morgan fingerprint density at radius 2 is 1.93 bits per heavy atom. The van der Waals surface area contributed by atoms with Crippen molar-refractivity contribution in [3.05, 3.63) is 0 Å². The monoisotopic (exact) mass is 229 g/mol. The van der Waals surface area contributed by atoms with Gasteiger partial charge in [-0.2, -0.15) is 25.8 Å². The van der Waals surface area contributed by atoms with Crippen LogP contribution in [0.5, 0.6) is 0 Å². The number of thiol groups is 1. The number of carbonyl (C=O) groups excluding carboxylic acids is 1. The molecule has 0 aliphatic heterocycles. The third kappa shape index (κ3) is 9.70. The van der Waals surface area contributed by atoms with Gasteiger partial charge in [-0.15, -0.1) is 0 Å². The second-order valence-electron chi connectivity index (χ2n) is 2.90. The van der Waals surface area contributed by atoms with E-state index in [-0.39, 0.29) is 12.3 Å². The van der Waals surface area contributed by atoms with Gasteiger partial charge in [-0.25, -0.2) is 0 Å². The molecule has 1 N–H and O–H groups in total. The standard InChI is InChI=1S/C8H14F3NOS/c9-8(10,11)4-1-2-5-12-7(13)3-6-14/h14H,1-6H2,(H,12,13). The molecule has 0 aromatic heterocycles. The molecule has 0 radical (unpaired) electrons. The van der Waals surface area contributed by atoms with Crippen molar-refractivity contribution in [1.29, 1.82) is 0 Å². The second-order valence-corrected chi connectivity index (χ2v) is 3.34. The van der Waals surface area contributed by atoms with Crippen LogP contribution in [0.15, 0.2) is 0 Å². The highest BCUT2D eigenvalue weighted by Gasteiger charge is 2.25. The first-order valence-corrected chi connectivity index (χ1v) is 5.03. The summed E-state index contributed by atoms with van der Waals surface area (Å²) in [5.41, 5.74) is 0. The molecule has 0 rings (SSSR count). The Morgan fingerprint density at radius 1 is 1.29 bits per heavy atom. The third-order valence-corrected chi connectivity index (χ3v) is 1.77. The molecular weight excluding hydrogens is 215 g/mol. The summed E-state index contributed by atoms with van der Waals surface area (Å²) in [6.45, 7) is 0.308. The molecule has 14 heavy (non-hydrogen) atoms. The highest BCUT2D eigenvalue weighted by Crippen LogP contribution is 2.21. The molecule has 0 aliphatic rings. The molecule has 0 fully saturated rings. The number of rotatable bonds is 6. The summed E-state index contributed by atoms with van der Waals surface area (Å²) >= 11 is 3.85. The molecule has 0 atom stereocenters. The molecule has 0 aromatic carbocycles. The number of unbranched alkanes of at least 4 members (excludes halogenated alkanes) is 1. The van der Waals surface area contributed by atoms with Crippen molar-refractivity contribution in [2.45, 2.75) is 31.9 Å². The zero-order chi connectivity index (χ0) is 11.0. The number of hydrogen-bond donors (Lipinski definition) is 2. The van der Waals surface area contributed by atoms with Crippen LogP contribution < -0.4 is 5.32 Å². The quantitative estimate of drug-likeness (QED) is 0.530. The average molecular weight is 229 g/mol. The van der Waals surface area contributed by atoms with E-state index in [2.05, 4.69) is 17.9 Å². The van der Waals surface area contributed by atoms with E-state index in [0.29, 0.717) is 25.1 Å². The lowest BCUT2D eigenvalue weighted by atomic mass is 10.2. The van der Waals surface area contributed by atoms with Crippen molar-refractivity contribution in [3.8, 4) is 0 Å². The van der Waals surface area contributed by atoms with Crippen molar-refractivity contribution in [1.82, 2.24) is 5.32 Å². The van der Waals surface area contributed by atoms with Gasteiger partial charge in [0.05, 0.1) is 0 Å². The Labute approximate surface area is 86.7 Å². The predicted molar refractivity (Wildman–Crippen MR) is 51.4 cm³/mol. The van der Waals surface area contributed by atoms with Gasteiger partial charge in [0, 0.05) is 19.4 Å². The van der Waals surface area contributed by atoms with Crippen LogP contribution in [0.1, 0.15) is 25.7 Å². The van der Waals surface area contributed by atoms with Crippen molar-refractivity contribution < 1.29 is 18.0 Å². The Balaban J connectivity index is 3.26. The lowest BCUT2D eigenvalue weighted by Crippen LogP contribution is -2.24. The molecule has 0 unspecified atom stereocenters. The second kappa shape index (κ2) is 6.98. The fourth-order valence-electron chi connectivity index (χ4n) is 0.868. The van der Waals surface area contributed by atoms with E-state index in [4.69, 9.17) is 0 Å². The highest BCUT2D eigenvalue weighted by molar-refractivity contribution is 7.80. The Morgan fingerprint density at radius 3 is 2.43 bits per heavy atom. The number of nitrogens with one attached hydrogen (secondary N) is 1. The summed E-state index contributed by atoms with van der Waals surface area (Å²) in [6.07, 6.45) is -4.14. The van der Waals surface area contributed by atoms with Crippen LogP contribution in [0.25, 0.3) is 0 Å². The lowest BCUT2D eigenvalue weighted by Gasteiger charge is -2.06. The Kier molecular flexibility index (Phi) is 6.78. The van der Waals surface area contributed by atoms with Crippen LogP contribution in [0.4, 0.5) is 13.2 Å². The maximum Gasteiger partial charge on any atom is 0.389 e. The van der Waals surface area contributed by atoms with Crippen LogP contribution in [0.2, 0.25) is 0 Å². The molecule has 0 saturated heterocycles. The number of carbonyl (C=O) groups is 1. The maximum atomic E-state index is 11.7. The van der Waals surface area contributed by atoms with Gasteiger partial charge >= 0.3 is 6.18 Å². The first-order chi connectivity index (χ1) is 6.45. The molecule has 0 aromatic rings. The number of alkyl halides is 3. The van der Waals surface area contributed by atoms with Crippen LogP contribution >= 0.6 is 12.6 Å². The molecule has 0 spiro atoms. The van der Waals surface area contributed by atoms with Crippen LogP contribution in [0, 0.1) is 0 Å². The minimum Gasteiger partial charge on any atom is -0.356 e. The van der Waals surface area contributed by atoms with Gasteiger partial charge in [0.1, 0.15) is 0 Å². The van der Waals surface area contributed by atoms with E-state index in [0.717, 1.165) is 0 Å². The summed E-state index contributed by atoms with van der Waals surface area (Å²) in [5.74, 6) is 0.293. The fraction of sp³-hybridized carbons (Fsp3) is 0.875. The first kappa shape index (κ1) is 13.6. The minimum atomic E-state index is -4.09. The van der Waals surface area contributed by atoms with Crippen molar-refractivity contribution in [2.75, 3.05) is 12.3 Å². The van der Waals surface area contributed by atoms with E-state index in [9.17, 15) is 18.0 Å². The topological polar surface area (TPSA) is 29.1 Å². The number of hydrogen-bond acceptors (Lipinski definition) is 2. The molecule has 1 amide bonds. The van der Waals surface area contributed by atoms with Crippen LogP contribution in [-0.4, -0.2) is 24.4 Å². The zero-order valence-corrected chi connectivity index (χ0v) is 8.63. The third-order valence-electron chi connectivity index (χ3n) is 1.55. The van der Waals surface area contributed by atoms with E-state index in [1.165, 1.54) is 0 Å². The number of halogens is 3. The fourth-order valence-corrected chi connectivity index (χ4v) is 1.07. The summed E-state index contributed by atoms with van der Waals surface area (Å²) in [7, 11) is 0. The van der Waals surface area contributed by atoms with Gasteiger partial charge in [0.15, 0.2) is 0 Å². The van der Waals surface area contributed by atoms with Crippen LogP contribution in [-0.2, 0) is 4.79 Å². The van der Waals surface area contributed by atoms with E-state index in [1.54, 1.807) is 0 Å². The lowest BCUT2D eigenvalue weighted by molar-refractivity contribution is -0.135. The normalized spacial score (nSPS) is 11.4. The maximum absolute atomic E-state index is 11.7. The van der Waals surface area contributed by atoms with E-state index < -0.39 is 12.6 Å². The summed E-state index contributed by atoms with van der Waals surface area (Å²) in [4.78, 5) is 10.8. The van der Waals surface area contributed by atoms with Gasteiger partial charge in [-0.3, -0.25) is 4.79 Å². The SMILES string of the molecule is O=C(CCS)NCCCCC(F)(F)F. The Hall–Kier alpha value is -0.390. The zero-order valence-electron chi connectivity index (χ0n) is 7.73. The molecule has 0 aliphatic carbocycles. The van der Waals surface area contributed by atoms with Gasteiger partial charge < -0.3 is 5.32 Å².